The van der Waals surface area contributed by atoms with Crippen molar-refractivity contribution in [2.75, 3.05) is 115 Å². The second kappa shape index (κ2) is 32.8. The van der Waals surface area contributed by atoms with Crippen LogP contribution in [0.15, 0.2) is 67.0 Å². The Kier molecular flexibility index (Phi) is 26.3. The first-order valence-corrected chi connectivity index (χ1v) is 27.1. The summed E-state index contributed by atoms with van der Waals surface area (Å²) in [6, 6.07) is 13.9. The van der Waals surface area contributed by atoms with E-state index in [0.29, 0.717) is 130 Å². The van der Waals surface area contributed by atoms with Crippen LogP contribution in [0.25, 0.3) is 0 Å². The number of nitrogens with zero attached hydrogens (tertiary/aromatic N) is 4. The number of carbonyl (C=O) groups excluding carboxylic acids is 5. The number of urea groups is 1. The minimum absolute atomic E-state index is 0.00222. The van der Waals surface area contributed by atoms with Crippen LogP contribution in [0.1, 0.15) is 70.6 Å². The van der Waals surface area contributed by atoms with Crippen LogP contribution in [0.2, 0.25) is 5.02 Å². The Morgan fingerprint density at radius 1 is 0.770 bits per heavy atom. The van der Waals surface area contributed by atoms with Crippen molar-refractivity contribution in [3.05, 3.63) is 77.9 Å². The van der Waals surface area contributed by atoms with E-state index >= 15 is 0 Å². The molecule has 3 aromatic rings. The topological polar surface area (TPSA) is 226 Å². The van der Waals surface area contributed by atoms with Gasteiger partial charge in [-0.1, -0.05) is 30.2 Å². The molecule has 19 nitrogen and oxygen atoms in total. The van der Waals surface area contributed by atoms with Gasteiger partial charge >= 0.3 is 6.03 Å². The molecule has 5 rings (SSSR count). The molecule has 2 aliphatic rings. The highest BCUT2D eigenvalue weighted by molar-refractivity contribution is 8.00. The average molecular weight is 1070 g/mol. The lowest BCUT2D eigenvalue weighted by Gasteiger charge is -2.30. The molecule has 7 N–H and O–H groups in total. The first-order chi connectivity index (χ1) is 35.8. The number of halogens is 2. The van der Waals surface area contributed by atoms with Gasteiger partial charge in [-0.2, -0.15) is 0 Å². The number of nitrogens with one attached hydrogen (secondary N) is 7. The Bertz CT molecular complexity index is 2280. The number of quaternary nitrogens is 1. The summed E-state index contributed by atoms with van der Waals surface area (Å²) in [6.07, 6.45) is 12.2. The van der Waals surface area contributed by atoms with Crippen LogP contribution in [0.5, 0.6) is 0 Å². The highest BCUT2D eigenvalue weighted by Gasteiger charge is 2.56. The molecule has 3 heterocycles. The van der Waals surface area contributed by atoms with Gasteiger partial charge in [0, 0.05) is 93.6 Å². The summed E-state index contributed by atoms with van der Waals surface area (Å²) in [5.41, 5.74) is 1.87. The van der Waals surface area contributed by atoms with E-state index in [-0.39, 0.29) is 53.6 Å². The van der Waals surface area contributed by atoms with E-state index in [0.717, 1.165) is 50.8 Å². The van der Waals surface area contributed by atoms with Crippen LogP contribution in [0, 0.1) is 5.82 Å². The number of ether oxygens (including phenoxy) is 3. The van der Waals surface area contributed by atoms with E-state index in [1.807, 2.05) is 39.0 Å². The van der Waals surface area contributed by atoms with Gasteiger partial charge in [0.25, 0.3) is 0 Å². The number of rotatable bonds is 36. The smallest absolute Gasteiger partial charge is 0.379 e. The molecule has 0 bridgehead atoms. The van der Waals surface area contributed by atoms with Crippen LogP contribution in [-0.4, -0.2) is 166 Å². The Morgan fingerprint density at radius 2 is 1.36 bits per heavy atom. The number of thioether (sulfide) groups is 1. The number of likely N-dealkylation sites (N-methyl/N-ethyl adjacent to an activating group) is 2. The number of aromatic nitrogens is 2. The number of amides is 6. The number of hydrogen-bond acceptors (Lipinski definition) is 14. The maximum Gasteiger partial charge on any atom is 0.416 e. The second-order valence-electron chi connectivity index (χ2n) is 18.8. The summed E-state index contributed by atoms with van der Waals surface area (Å²) in [7, 11) is 5.95. The highest BCUT2D eigenvalue weighted by Crippen LogP contribution is 2.39. The fourth-order valence-corrected chi connectivity index (χ4v) is 10.4. The SMILES string of the molecule is CN(C/C=C/C(=O)Nc1cccc(Nc2cc(Nc3ccc(F)c(Cl)c3)ncn2)c1)CCCCNC(=O)CCCC(=O)NCCCOCCOCCOCCCNC(=O)CCCC[C@@H]1SC[C@@H]2NC(=O)[N+](C)(C)[C@@H]21. The van der Waals surface area contributed by atoms with Crippen LogP contribution in [0.3, 0.4) is 0 Å². The standard InChI is InChI=1S/C52H75ClFN11O8S/c1-64(26-10-19-50(69)62-39-14-8-13-38(33-39)60-45-35-46(59-37-58-45)61-40-20-21-42(54)41(53)34-40)25-7-6-22-55-48(67)17-9-18-49(68)57-24-12-28-72-30-32-73-31-29-71-27-11-23-56-47(66)16-5-4-15-44-51-43(36-74-44)63-52(70)65(51,2)3/h8,10,13-14,19-21,33-35,37,43-44,51H,4-7,9,11-12,15-18,22-32,36H2,1-3H3,(H6-,55,56,57,58,59,60,61,62,63,66,67,68,69,70)/p+1/b19-10+/t43-,44-,51-/m0/s1. The van der Waals surface area contributed by atoms with E-state index in [1.54, 1.807) is 36.4 Å². The predicted octanol–water partition coefficient (Wildman–Crippen LogP) is 6.52. The van der Waals surface area contributed by atoms with Crippen molar-refractivity contribution in [3.8, 4) is 0 Å². The maximum absolute atomic E-state index is 13.5. The Hall–Kier alpha value is -5.42. The number of anilines is 5. The Morgan fingerprint density at radius 3 is 2.01 bits per heavy atom. The van der Waals surface area contributed by atoms with Crippen molar-refractivity contribution in [1.29, 1.82) is 0 Å². The number of benzene rings is 2. The normalized spacial score (nSPS) is 16.7. The van der Waals surface area contributed by atoms with E-state index in [2.05, 4.69) is 52.1 Å². The molecule has 2 saturated heterocycles. The molecule has 0 aliphatic carbocycles. The van der Waals surface area contributed by atoms with Crippen LogP contribution in [-0.2, 0) is 33.4 Å². The lowest BCUT2D eigenvalue weighted by Crippen LogP contribution is -2.52. The maximum atomic E-state index is 13.5. The average Bonchev–Trinajstić information content (AvgIpc) is 3.88. The lowest BCUT2D eigenvalue weighted by molar-refractivity contribution is -0.825. The first-order valence-electron chi connectivity index (χ1n) is 25.6. The molecule has 3 atom stereocenters. The summed E-state index contributed by atoms with van der Waals surface area (Å²) in [5.74, 6) is 1.09. The summed E-state index contributed by atoms with van der Waals surface area (Å²) in [4.78, 5) is 72.1. The molecule has 22 heteroatoms. The lowest BCUT2D eigenvalue weighted by atomic mass is 10.0. The molecule has 2 fully saturated rings. The third-order valence-electron chi connectivity index (χ3n) is 12.4. The summed E-state index contributed by atoms with van der Waals surface area (Å²) >= 11 is 7.83. The Labute approximate surface area is 444 Å². The van der Waals surface area contributed by atoms with Crippen molar-refractivity contribution in [3.63, 3.8) is 0 Å². The fourth-order valence-electron chi connectivity index (χ4n) is 8.43. The van der Waals surface area contributed by atoms with Gasteiger partial charge in [0.15, 0.2) is 0 Å². The zero-order chi connectivity index (χ0) is 53.0. The van der Waals surface area contributed by atoms with E-state index < -0.39 is 5.82 Å². The monoisotopic (exact) mass is 1070 g/mol. The van der Waals surface area contributed by atoms with Gasteiger partial charge in [-0.3, -0.25) is 24.5 Å². The van der Waals surface area contributed by atoms with Crippen molar-refractivity contribution < 1.29 is 47.1 Å². The number of carbonyl (C=O) groups is 5. The number of hydrogen-bond donors (Lipinski definition) is 7. The van der Waals surface area contributed by atoms with Gasteiger partial charge in [0.05, 0.1) is 56.8 Å². The van der Waals surface area contributed by atoms with Gasteiger partial charge in [0.1, 0.15) is 29.8 Å². The molecule has 6 amide bonds. The molecule has 406 valence electrons. The largest absolute Gasteiger partial charge is 0.416 e. The fraction of sp³-hybridized carbons (Fsp3) is 0.558. The van der Waals surface area contributed by atoms with E-state index in [1.165, 1.54) is 24.5 Å². The molecule has 0 unspecified atom stereocenters. The highest BCUT2D eigenvalue weighted by atomic mass is 35.5. The van der Waals surface area contributed by atoms with Crippen molar-refractivity contribution >= 4 is 81.7 Å². The quantitative estimate of drug-likeness (QED) is 0.0142. The van der Waals surface area contributed by atoms with Crippen molar-refractivity contribution in [1.82, 2.24) is 36.1 Å². The molecule has 74 heavy (non-hydrogen) atoms. The minimum Gasteiger partial charge on any atom is -0.379 e. The minimum atomic E-state index is -0.510. The van der Waals surface area contributed by atoms with E-state index in [4.69, 9.17) is 25.8 Å². The van der Waals surface area contributed by atoms with Crippen molar-refractivity contribution in [2.45, 2.75) is 88.0 Å². The van der Waals surface area contributed by atoms with Gasteiger partial charge < -0.3 is 51.0 Å². The third kappa shape index (κ3) is 22.2. The van der Waals surface area contributed by atoms with E-state index in [9.17, 15) is 28.4 Å². The summed E-state index contributed by atoms with van der Waals surface area (Å²) < 4.78 is 30.7. The summed E-state index contributed by atoms with van der Waals surface area (Å²) in [5, 5.41) is 21.5. The van der Waals surface area contributed by atoms with Crippen LogP contribution >= 0.6 is 23.4 Å². The molecule has 1 aromatic heterocycles. The van der Waals surface area contributed by atoms with Crippen LogP contribution in [0.4, 0.5) is 37.9 Å². The third-order valence-corrected chi connectivity index (χ3v) is 14.2. The second-order valence-corrected chi connectivity index (χ2v) is 20.4. The number of fused-ring (bicyclic) bond motifs is 1. The molecular weight excluding hydrogens is 993 g/mol. The van der Waals surface area contributed by atoms with Gasteiger partial charge in [0.2, 0.25) is 23.6 Å². The van der Waals surface area contributed by atoms with Crippen molar-refractivity contribution in [2.24, 2.45) is 0 Å². The zero-order valence-corrected chi connectivity index (χ0v) is 44.6. The van der Waals surface area contributed by atoms with Crippen LogP contribution < -0.4 is 37.2 Å². The predicted molar refractivity (Wildman–Crippen MR) is 288 cm³/mol. The zero-order valence-electron chi connectivity index (χ0n) is 43.1. The molecular formula is C52H76ClFN11O8S+. The van der Waals surface area contributed by atoms with Gasteiger partial charge in [-0.05, 0) is 94.9 Å². The molecule has 2 aliphatic heterocycles. The molecule has 0 spiro atoms. The summed E-state index contributed by atoms with van der Waals surface area (Å²) in [6.45, 7) is 5.87. The number of unbranched alkanes of at least 4 members (excludes halogenated alkanes) is 2. The first kappa shape index (κ1) is 59.5. The molecule has 0 saturated carbocycles. The Balaban J connectivity index is 0.752. The van der Waals surface area contributed by atoms with Gasteiger partial charge in [-0.25, -0.2) is 23.6 Å². The molecule has 0 radical (unpaired) electrons. The van der Waals surface area contributed by atoms with Gasteiger partial charge in [-0.15, -0.1) is 11.8 Å². The molecule has 2 aromatic carbocycles.